The molecule has 19 heteroatoms. The first-order chi connectivity index (χ1) is 29.4. The monoisotopic (exact) mass is 874 g/mol. The number of carbonyl (C=O) groups excluding carboxylic acids is 4. The number of pyridine rings is 1. The predicted molar refractivity (Wildman–Crippen MR) is 230 cm³/mol. The molecule has 3 amide bonds. The van der Waals surface area contributed by atoms with Crippen molar-refractivity contribution >= 4 is 56.7 Å². The first kappa shape index (κ1) is 46.6. The van der Waals surface area contributed by atoms with Crippen molar-refractivity contribution in [2.45, 2.75) is 76.1 Å². The van der Waals surface area contributed by atoms with Crippen LogP contribution >= 0.6 is 0 Å². The van der Waals surface area contributed by atoms with Crippen LogP contribution in [0.15, 0.2) is 90.0 Å². The highest BCUT2D eigenvalue weighted by Crippen LogP contribution is 2.36. The molecule has 2 aromatic heterocycles. The van der Waals surface area contributed by atoms with Crippen LogP contribution in [0.3, 0.4) is 0 Å². The molecule has 3 aromatic carbocycles. The van der Waals surface area contributed by atoms with E-state index in [9.17, 15) is 32.0 Å². The summed E-state index contributed by atoms with van der Waals surface area (Å²) >= 11 is 0. The van der Waals surface area contributed by atoms with E-state index in [2.05, 4.69) is 20.7 Å². The number of halogens is 1. The second kappa shape index (κ2) is 20.4. The van der Waals surface area contributed by atoms with Crippen LogP contribution in [0.25, 0.3) is 16.8 Å². The van der Waals surface area contributed by atoms with Gasteiger partial charge < -0.3 is 36.3 Å². The Kier molecular flexibility index (Phi) is 15.4. The molecule has 4 atom stereocenters. The molecule has 5 rings (SSSR count). The van der Waals surface area contributed by atoms with Crippen LogP contribution in [0, 0.1) is 11.7 Å². The molecule has 0 radical (unpaired) electrons. The van der Waals surface area contributed by atoms with Gasteiger partial charge in [0.25, 0.3) is 5.95 Å². The van der Waals surface area contributed by atoms with Crippen LogP contribution in [-0.4, -0.2) is 85.2 Å². The van der Waals surface area contributed by atoms with E-state index < -0.39 is 58.0 Å². The third-order valence-corrected chi connectivity index (χ3v) is 11.0. The van der Waals surface area contributed by atoms with Crippen LogP contribution in [0.5, 0.6) is 5.75 Å². The number of rotatable bonds is 18. The van der Waals surface area contributed by atoms with Gasteiger partial charge in [-0.15, -0.1) is 5.10 Å². The molecular weight excluding hydrogens is 824 g/mol. The number of anilines is 3. The van der Waals surface area contributed by atoms with Crippen molar-refractivity contribution < 1.29 is 46.2 Å². The molecule has 6 N–H and O–H groups in total. The largest absolute Gasteiger partial charge is 0.495 e. The Morgan fingerprint density at radius 3 is 2.19 bits per heavy atom. The fourth-order valence-electron chi connectivity index (χ4n) is 6.25. The van der Waals surface area contributed by atoms with Crippen molar-refractivity contribution in [2.24, 2.45) is 17.4 Å². The Hall–Kier alpha value is -6.44. The van der Waals surface area contributed by atoms with Crippen molar-refractivity contribution in [1.82, 2.24) is 19.9 Å². The van der Waals surface area contributed by atoms with E-state index in [0.29, 0.717) is 48.3 Å². The molecule has 0 saturated heterocycles. The van der Waals surface area contributed by atoms with Crippen LogP contribution in [0.4, 0.5) is 26.5 Å². The minimum Gasteiger partial charge on any atom is -0.495 e. The zero-order valence-electron chi connectivity index (χ0n) is 35.2. The number of fused-ring (bicyclic) bond motifs is 1. The lowest BCUT2D eigenvalue weighted by Gasteiger charge is -2.26. The molecule has 330 valence electrons. The highest BCUT2D eigenvalue weighted by Gasteiger charge is 2.33. The highest BCUT2D eigenvalue weighted by atomic mass is 32.2. The van der Waals surface area contributed by atoms with Crippen molar-refractivity contribution in [1.29, 1.82) is 0 Å². The summed E-state index contributed by atoms with van der Waals surface area (Å²) in [7, 11) is -2.40. The number of nitrogens with one attached hydrogen (secondary N) is 2. The number of nitrogens with two attached hydrogens (primary N) is 2. The third-order valence-electron chi connectivity index (χ3n) is 9.84. The summed E-state index contributed by atoms with van der Waals surface area (Å²) in [5, 5.41) is 10.1. The van der Waals surface area contributed by atoms with Crippen LogP contribution in [0.2, 0.25) is 0 Å². The summed E-state index contributed by atoms with van der Waals surface area (Å²) in [6.45, 7) is 6.89. The third kappa shape index (κ3) is 11.7. The second-order valence-electron chi connectivity index (χ2n) is 14.9. The lowest BCUT2D eigenvalue weighted by atomic mass is 10.00. The lowest BCUT2D eigenvalue weighted by Crippen LogP contribution is -2.51. The quantitative estimate of drug-likeness (QED) is 0.0487. The first-order valence-electron chi connectivity index (χ1n) is 19.8. The normalized spacial score (nSPS) is 13.5. The number of esters is 1. The molecule has 0 saturated carbocycles. The number of sulfone groups is 1. The lowest BCUT2D eigenvalue weighted by molar-refractivity contribution is -0.169. The Labute approximate surface area is 358 Å². The van der Waals surface area contributed by atoms with Gasteiger partial charge in [0.15, 0.2) is 15.5 Å². The Balaban J connectivity index is 1.38. The standard InChI is InChI=1S/C43H51FN8O9S/c1-25(2)38(49-40(54)34(46)9-7-8-22-45)41(55)60-27(4)61-43(56)52(35-20-19-33(62(6,57)58)23-36(35)59-5)42-48-37-21-14-30(24-51(37)50-42)29-12-17-32(18-13-29)47-39(53)26(3)28-10-15-31(44)16-11-28/h10-21,23-27,34,38H,7-9,22,45-46H2,1-6H3,(H,47,53)(H,49,54)/t26-,27?,34+,38+/m1/s1. The van der Waals surface area contributed by atoms with Gasteiger partial charge in [0.05, 0.1) is 29.7 Å². The summed E-state index contributed by atoms with van der Waals surface area (Å²) in [6.07, 6.45) is 1.76. The minimum atomic E-state index is -3.69. The average molecular weight is 875 g/mol. The molecule has 0 bridgehead atoms. The van der Waals surface area contributed by atoms with Gasteiger partial charge in [-0.1, -0.05) is 44.5 Å². The minimum absolute atomic E-state index is 0.00174. The number of amides is 3. The van der Waals surface area contributed by atoms with Gasteiger partial charge in [-0.3, -0.25) is 9.59 Å². The Morgan fingerprint density at radius 1 is 0.887 bits per heavy atom. The fraction of sp³-hybridized carbons (Fsp3) is 0.349. The van der Waals surface area contributed by atoms with Gasteiger partial charge in [-0.25, -0.2) is 31.8 Å². The number of hydrogen-bond donors (Lipinski definition) is 4. The summed E-state index contributed by atoms with van der Waals surface area (Å²) in [6, 6.07) is 18.1. The van der Waals surface area contributed by atoms with Crippen LogP contribution in [-0.2, 0) is 33.7 Å². The van der Waals surface area contributed by atoms with E-state index in [1.54, 1.807) is 75.5 Å². The number of carbonyl (C=O) groups is 4. The molecule has 0 aliphatic heterocycles. The molecule has 62 heavy (non-hydrogen) atoms. The molecule has 2 heterocycles. The number of unbranched alkanes of at least 4 members (excludes halogenated alkanes) is 1. The van der Waals surface area contributed by atoms with E-state index in [4.69, 9.17) is 25.7 Å². The predicted octanol–water partition coefficient (Wildman–Crippen LogP) is 5.45. The van der Waals surface area contributed by atoms with E-state index in [0.717, 1.165) is 16.7 Å². The molecule has 0 aliphatic rings. The molecule has 5 aromatic rings. The smallest absolute Gasteiger partial charge is 0.424 e. The number of hydrogen-bond acceptors (Lipinski definition) is 13. The number of aromatic nitrogens is 3. The SMILES string of the molecule is COc1cc(S(C)(=O)=O)ccc1N(C(=O)OC(C)OC(=O)[C@@H](NC(=O)[C@@H](N)CCCCN)C(C)C)c1nc2ccc(-c3ccc(NC(=O)[C@H](C)c4ccc(F)cc4)cc3)cn2n1. The highest BCUT2D eigenvalue weighted by molar-refractivity contribution is 7.90. The number of ether oxygens (including phenoxy) is 3. The molecule has 0 aliphatic carbocycles. The summed E-state index contributed by atoms with van der Waals surface area (Å²) < 4.78 is 56.2. The second-order valence-corrected chi connectivity index (χ2v) is 16.9. The maximum atomic E-state index is 14.1. The van der Waals surface area contributed by atoms with Gasteiger partial charge in [-0.2, -0.15) is 4.98 Å². The Morgan fingerprint density at radius 2 is 1.56 bits per heavy atom. The summed E-state index contributed by atoms with van der Waals surface area (Å²) in [4.78, 5) is 58.5. The number of methoxy groups -OCH3 is 1. The van der Waals surface area contributed by atoms with Gasteiger partial charge in [0, 0.05) is 36.7 Å². The van der Waals surface area contributed by atoms with Crippen molar-refractivity contribution in [3.63, 3.8) is 0 Å². The van der Waals surface area contributed by atoms with E-state index >= 15 is 0 Å². The van der Waals surface area contributed by atoms with Crippen molar-refractivity contribution in [3.8, 4) is 16.9 Å². The van der Waals surface area contributed by atoms with E-state index in [1.807, 2.05) is 0 Å². The van der Waals surface area contributed by atoms with Gasteiger partial charge in [0.1, 0.15) is 17.6 Å². The van der Waals surface area contributed by atoms with Gasteiger partial charge in [0.2, 0.25) is 18.1 Å². The number of benzene rings is 3. The maximum absolute atomic E-state index is 14.1. The molecule has 0 fully saturated rings. The van der Waals surface area contributed by atoms with Crippen LogP contribution < -0.4 is 31.7 Å². The van der Waals surface area contributed by atoms with Crippen LogP contribution in [0.1, 0.15) is 58.4 Å². The van der Waals surface area contributed by atoms with E-state index in [-0.39, 0.29) is 34.0 Å². The van der Waals surface area contributed by atoms with E-state index in [1.165, 1.54) is 48.9 Å². The Bertz CT molecular complexity index is 2500. The fourth-order valence-corrected chi connectivity index (χ4v) is 6.89. The van der Waals surface area contributed by atoms with Gasteiger partial charge in [-0.05, 0) is 91.9 Å². The van der Waals surface area contributed by atoms with Gasteiger partial charge >= 0.3 is 12.1 Å². The summed E-state index contributed by atoms with van der Waals surface area (Å²) in [5.74, 6) is -3.27. The van der Waals surface area contributed by atoms with Crippen molar-refractivity contribution in [2.75, 3.05) is 30.1 Å². The molecule has 17 nitrogen and oxygen atoms in total. The zero-order chi connectivity index (χ0) is 45.3. The zero-order valence-corrected chi connectivity index (χ0v) is 36.0. The first-order valence-corrected chi connectivity index (χ1v) is 21.7. The molecule has 1 unspecified atom stereocenters. The van der Waals surface area contributed by atoms with Crippen molar-refractivity contribution in [3.05, 3.63) is 96.4 Å². The average Bonchev–Trinajstić information content (AvgIpc) is 3.65. The molecule has 0 spiro atoms. The topological polar surface area (TPSA) is 240 Å². The number of nitrogens with zero attached hydrogens (tertiary/aromatic N) is 4. The maximum Gasteiger partial charge on any atom is 0.424 e. The molecular formula is C43H51FN8O9S. The summed E-state index contributed by atoms with van der Waals surface area (Å²) in [5.41, 5.74) is 14.5.